The highest BCUT2D eigenvalue weighted by Gasteiger charge is 2.12. The first kappa shape index (κ1) is 10.3. The molecule has 1 N–H and O–H groups in total. The van der Waals surface area contributed by atoms with E-state index in [4.69, 9.17) is 18.1 Å². The Bertz CT molecular complexity index is 217. The Labute approximate surface area is 83.2 Å². The van der Waals surface area contributed by atoms with Crippen molar-refractivity contribution in [3.63, 3.8) is 0 Å². The molecule has 0 heterocycles. The second-order valence-corrected chi connectivity index (χ2v) is 2.95. The molecule has 0 radical (unpaired) electrons. The number of unbranched alkanes of at least 4 members (excludes halogenated alkanes) is 1. The molecule has 0 aliphatic carbocycles. The predicted molar refractivity (Wildman–Crippen MR) is 47.8 cm³/mol. The van der Waals surface area contributed by atoms with E-state index in [-0.39, 0.29) is 18.8 Å². The van der Waals surface area contributed by atoms with Crippen molar-refractivity contribution >= 4 is 23.5 Å². The molecule has 5 heteroatoms. The van der Waals surface area contributed by atoms with Crippen molar-refractivity contribution in [1.82, 2.24) is 0 Å². The smallest absolute Gasteiger partial charge is 0.321 e. The SMILES string of the molecule is [2H][C@@](Cl)(CCCCC(=O)OC)C(=O)O. The zero-order valence-electron chi connectivity index (χ0n) is 8.38. The molecule has 0 aliphatic heterocycles. The Balaban J connectivity index is 3.64. The number of carbonyl (C=O) groups is 2. The van der Waals surface area contributed by atoms with Gasteiger partial charge in [-0.2, -0.15) is 0 Å². The summed E-state index contributed by atoms with van der Waals surface area (Å²) >= 11 is 5.37. The van der Waals surface area contributed by atoms with Gasteiger partial charge in [-0.05, 0) is 12.8 Å². The predicted octanol–water partition coefficient (Wildman–Crippen LogP) is 1.41. The molecule has 0 aromatic carbocycles. The van der Waals surface area contributed by atoms with Crippen LogP contribution in [0.3, 0.4) is 0 Å². The van der Waals surface area contributed by atoms with Crippen molar-refractivity contribution in [3.8, 4) is 0 Å². The lowest BCUT2D eigenvalue weighted by atomic mass is 10.1. The minimum atomic E-state index is -1.98. The van der Waals surface area contributed by atoms with Gasteiger partial charge in [0.15, 0.2) is 0 Å². The normalized spacial score (nSPS) is 15.7. The van der Waals surface area contributed by atoms with Gasteiger partial charge >= 0.3 is 11.9 Å². The van der Waals surface area contributed by atoms with Gasteiger partial charge in [0.05, 0.1) is 8.48 Å². The highest BCUT2D eigenvalue weighted by molar-refractivity contribution is 6.29. The monoisotopic (exact) mass is 209 g/mol. The number of aliphatic carboxylic acids is 1. The van der Waals surface area contributed by atoms with E-state index in [9.17, 15) is 9.59 Å². The average Bonchev–Trinajstić information content (AvgIpc) is 2.11. The van der Waals surface area contributed by atoms with Gasteiger partial charge in [0, 0.05) is 6.42 Å². The highest BCUT2D eigenvalue weighted by Crippen LogP contribution is 2.09. The molecule has 0 spiro atoms. The summed E-state index contributed by atoms with van der Waals surface area (Å²) in [7, 11) is 1.29. The Kier molecular flexibility index (Phi) is 5.33. The second kappa shape index (κ2) is 6.71. The topological polar surface area (TPSA) is 63.6 Å². The summed E-state index contributed by atoms with van der Waals surface area (Å²) in [6, 6.07) is 0. The molecular weight excluding hydrogens is 196 g/mol. The Morgan fingerprint density at radius 1 is 1.62 bits per heavy atom. The third-order valence-electron chi connectivity index (χ3n) is 1.49. The summed E-state index contributed by atoms with van der Waals surface area (Å²) in [5.41, 5.74) is 0. The van der Waals surface area contributed by atoms with Crippen molar-refractivity contribution in [2.24, 2.45) is 0 Å². The molecule has 4 nitrogen and oxygen atoms in total. The maximum absolute atomic E-state index is 10.7. The number of halogens is 1. The van der Waals surface area contributed by atoms with Gasteiger partial charge in [-0.3, -0.25) is 9.59 Å². The molecule has 0 fully saturated rings. The van der Waals surface area contributed by atoms with Gasteiger partial charge in [-0.25, -0.2) is 0 Å². The van der Waals surface area contributed by atoms with Crippen LogP contribution in [0.4, 0.5) is 0 Å². The van der Waals surface area contributed by atoms with Crippen molar-refractivity contribution in [3.05, 3.63) is 0 Å². The van der Waals surface area contributed by atoms with Gasteiger partial charge in [-0.15, -0.1) is 11.6 Å². The third kappa shape index (κ3) is 6.40. The second-order valence-electron chi connectivity index (χ2n) is 2.49. The Hall–Kier alpha value is -0.770. The summed E-state index contributed by atoms with van der Waals surface area (Å²) in [6.45, 7) is 0. The van der Waals surface area contributed by atoms with Crippen LogP contribution >= 0.6 is 11.6 Å². The lowest BCUT2D eigenvalue weighted by molar-refractivity contribution is -0.140. The first-order chi connectivity index (χ1) is 6.40. The number of carbonyl (C=O) groups excluding carboxylic acids is 1. The zero-order valence-corrected chi connectivity index (χ0v) is 8.13. The number of hydrogen-bond acceptors (Lipinski definition) is 3. The van der Waals surface area contributed by atoms with E-state index >= 15 is 0 Å². The van der Waals surface area contributed by atoms with Crippen LogP contribution in [0, 0.1) is 0 Å². The van der Waals surface area contributed by atoms with E-state index in [1.165, 1.54) is 7.11 Å². The number of carboxylic acids is 1. The van der Waals surface area contributed by atoms with Crippen LogP contribution in [0.5, 0.6) is 0 Å². The number of ether oxygens (including phenoxy) is 1. The van der Waals surface area contributed by atoms with Crippen LogP contribution in [-0.2, 0) is 14.3 Å². The molecule has 0 aliphatic rings. The first-order valence-corrected chi connectivity index (χ1v) is 4.27. The van der Waals surface area contributed by atoms with Crippen LogP contribution in [-0.4, -0.2) is 29.5 Å². The van der Waals surface area contributed by atoms with Gasteiger partial charge in [0.1, 0.15) is 5.35 Å². The van der Waals surface area contributed by atoms with Crippen LogP contribution in [0.15, 0.2) is 0 Å². The molecule has 13 heavy (non-hydrogen) atoms. The molecule has 0 unspecified atom stereocenters. The summed E-state index contributed by atoms with van der Waals surface area (Å²) in [6.07, 6.45) is 1.13. The van der Waals surface area contributed by atoms with Crippen molar-refractivity contribution in [2.75, 3.05) is 7.11 Å². The lowest BCUT2D eigenvalue weighted by Crippen LogP contribution is -2.12. The Morgan fingerprint density at radius 3 is 2.69 bits per heavy atom. The fourth-order valence-electron chi connectivity index (χ4n) is 0.759. The fourth-order valence-corrected chi connectivity index (χ4v) is 0.892. The molecule has 0 rings (SSSR count). The third-order valence-corrected chi connectivity index (χ3v) is 1.84. The standard InChI is InChI=1S/C8H13ClO4/c1-13-7(10)5-3-2-4-6(9)8(11)12/h6H,2-5H2,1H3,(H,11,12)/t6-/m1/s1/i6D. The van der Waals surface area contributed by atoms with Crippen molar-refractivity contribution in [1.29, 1.82) is 0 Å². The Morgan fingerprint density at radius 2 is 2.23 bits per heavy atom. The van der Waals surface area contributed by atoms with Crippen LogP contribution in [0.25, 0.3) is 0 Å². The molecule has 1 atom stereocenters. The fraction of sp³-hybridized carbons (Fsp3) is 0.750. The van der Waals surface area contributed by atoms with Crippen molar-refractivity contribution < 1.29 is 20.8 Å². The number of hydrogen-bond donors (Lipinski definition) is 1. The minimum absolute atomic E-state index is 0.0148. The zero-order chi connectivity index (χ0) is 11.2. The number of rotatable bonds is 6. The molecular formula is C8H13ClO4. The maximum Gasteiger partial charge on any atom is 0.321 e. The van der Waals surface area contributed by atoms with E-state index in [1.807, 2.05) is 0 Å². The molecule has 0 bridgehead atoms. The molecule has 0 amide bonds. The van der Waals surface area contributed by atoms with E-state index < -0.39 is 11.3 Å². The molecule has 0 saturated carbocycles. The maximum atomic E-state index is 10.7. The molecule has 0 aromatic heterocycles. The summed E-state index contributed by atoms with van der Waals surface area (Å²) in [5, 5.41) is 6.51. The van der Waals surface area contributed by atoms with Crippen LogP contribution in [0.2, 0.25) is 0 Å². The van der Waals surface area contributed by atoms with Gasteiger partial charge in [0.25, 0.3) is 0 Å². The van der Waals surface area contributed by atoms with E-state index in [0.29, 0.717) is 12.8 Å². The van der Waals surface area contributed by atoms with E-state index in [2.05, 4.69) is 4.74 Å². The first-order valence-electron chi connectivity index (χ1n) is 4.39. The summed E-state index contributed by atoms with van der Waals surface area (Å²) < 4.78 is 11.6. The number of alkyl halides is 1. The largest absolute Gasteiger partial charge is 0.480 e. The van der Waals surface area contributed by atoms with E-state index in [1.54, 1.807) is 0 Å². The van der Waals surface area contributed by atoms with Crippen LogP contribution in [0.1, 0.15) is 27.1 Å². The number of esters is 1. The summed E-state index contributed by atoms with van der Waals surface area (Å²) in [4.78, 5) is 21.0. The number of carboxylic acid groups (broad SMARTS) is 1. The minimum Gasteiger partial charge on any atom is -0.480 e. The number of methoxy groups -OCH3 is 1. The quantitative estimate of drug-likeness (QED) is 0.408. The lowest BCUT2D eigenvalue weighted by Gasteiger charge is -2.02. The highest BCUT2D eigenvalue weighted by atomic mass is 35.5. The van der Waals surface area contributed by atoms with Gasteiger partial charge < -0.3 is 9.84 Å². The molecule has 0 saturated heterocycles. The van der Waals surface area contributed by atoms with E-state index in [0.717, 1.165) is 0 Å². The van der Waals surface area contributed by atoms with Crippen LogP contribution < -0.4 is 0 Å². The molecule has 0 aromatic rings. The average molecular weight is 210 g/mol. The van der Waals surface area contributed by atoms with Gasteiger partial charge in [0.2, 0.25) is 0 Å². The van der Waals surface area contributed by atoms with Crippen molar-refractivity contribution in [2.45, 2.75) is 31.0 Å². The van der Waals surface area contributed by atoms with Gasteiger partial charge in [-0.1, -0.05) is 6.42 Å². The molecule has 76 valence electrons. The summed E-state index contributed by atoms with van der Waals surface area (Å²) in [5.74, 6) is -1.71.